The monoisotopic (exact) mass is 1250 g/mol. The number of fused-ring (bicyclic) bond motifs is 20. The van der Waals surface area contributed by atoms with Gasteiger partial charge in [0.2, 0.25) is 0 Å². The van der Waals surface area contributed by atoms with E-state index in [1.165, 1.54) is 0 Å². The summed E-state index contributed by atoms with van der Waals surface area (Å²) in [6, 6.07) is 24.2. The van der Waals surface area contributed by atoms with Gasteiger partial charge in [0.25, 0.3) is 0 Å². The maximum absolute atomic E-state index is 6.56. The van der Waals surface area contributed by atoms with E-state index in [1.54, 1.807) is 0 Å². The summed E-state index contributed by atoms with van der Waals surface area (Å²) in [5, 5.41) is 3.27. The molecular formula is C68H78N12O12. The molecule has 0 amide bonds. The molecule has 4 spiro atoms. The molecule has 10 aliphatic rings. The van der Waals surface area contributed by atoms with Gasteiger partial charge in [0.15, 0.2) is 46.4 Å². The van der Waals surface area contributed by atoms with E-state index in [0.29, 0.717) is 148 Å². The first-order valence-corrected chi connectivity index (χ1v) is 33.2. The third kappa shape index (κ3) is 11.8. The third-order valence-electron chi connectivity index (χ3n) is 20.1. The number of H-pyrrole nitrogens is 2. The minimum Gasteiger partial charge on any atom is -0.492 e. The predicted molar refractivity (Wildman–Crippen MR) is 339 cm³/mol. The van der Waals surface area contributed by atoms with Crippen LogP contribution in [0.1, 0.15) is 51.4 Å². The van der Waals surface area contributed by atoms with Gasteiger partial charge in [0.1, 0.15) is 72.0 Å². The summed E-state index contributed by atoms with van der Waals surface area (Å²) in [5.41, 5.74) is 5.39. The van der Waals surface area contributed by atoms with Crippen molar-refractivity contribution in [3.05, 3.63) is 72.8 Å². The quantitative estimate of drug-likeness (QED) is 0.0941. The van der Waals surface area contributed by atoms with Gasteiger partial charge in [-0.2, -0.15) is 0 Å². The maximum Gasteiger partial charge on any atom is 0.170 e. The van der Waals surface area contributed by atoms with E-state index in [0.717, 1.165) is 174 Å². The van der Waals surface area contributed by atoms with Crippen LogP contribution in [0.5, 0.6) is 23.0 Å². The normalized spacial score (nSPS) is 21.9. The highest BCUT2D eigenvalue weighted by molar-refractivity contribution is 6.07. The molecule has 2 N–H and O–H groups in total. The van der Waals surface area contributed by atoms with Gasteiger partial charge in [0, 0.05) is 174 Å². The smallest absolute Gasteiger partial charge is 0.170 e. The average molecular weight is 1260 g/mol. The topological polar surface area (TPSA) is 233 Å². The molecule has 8 fully saturated rings. The van der Waals surface area contributed by atoms with Crippen molar-refractivity contribution in [2.45, 2.75) is 74.5 Å². The highest BCUT2D eigenvalue weighted by Gasteiger charge is 2.43. The number of benzene rings is 4. The number of likely N-dealkylation sites (tertiary alicyclic amines) is 4. The van der Waals surface area contributed by atoms with Gasteiger partial charge in [0.05, 0.1) is 52.9 Å². The summed E-state index contributed by atoms with van der Waals surface area (Å²) < 4.78 is 74.3. The summed E-state index contributed by atoms with van der Waals surface area (Å²) in [7, 11) is 0. The molecule has 0 aliphatic carbocycles. The van der Waals surface area contributed by atoms with Crippen molar-refractivity contribution in [2.75, 3.05) is 158 Å². The molecule has 4 aromatic carbocycles. The van der Waals surface area contributed by atoms with Crippen LogP contribution in [-0.4, -0.2) is 240 Å². The Morgan fingerprint density at radius 3 is 0.870 bits per heavy atom. The fraction of sp³-hybridized carbons (Fsp3) is 0.529. The first kappa shape index (κ1) is 58.8. The molecule has 0 unspecified atom stereocenters. The van der Waals surface area contributed by atoms with Crippen molar-refractivity contribution < 1.29 is 56.8 Å². The van der Waals surface area contributed by atoms with E-state index >= 15 is 0 Å². The number of piperidine rings is 4. The molecule has 482 valence electrons. The van der Waals surface area contributed by atoms with Gasteiger partial charge in [-0.3, -0.25) is 19.6 Å². The van der Waals surface area contributed by atoms with Crippen molar-refractivity contribution in [3.63, 3.8) is 0 Å². The van der Waals surface area contributed by atoms with Gasteiger partial charge in [-0.1, -0.05) is 0 Å². The van der Waals surface area contributed by atoms with E-state index in [-0.39, 0.29) is 0 Å². The van der Waals surface area contributed by atoms with Crippen molar-refractivity contribution in [3.8, 4) is 68.5 Å². The Kier molecular flexibility index (Phi) is 15.8. The van der Waals surface area contributed by atoms with E-state index in [2.05, 4.69) is 29.6 Å². The lowest BCUT2D eigenvalue weighted by atomic mass is 10.0. The standard InChI is InChI=1S/C68H78N12O12/c1-5-49-53(41-45(1)81-29-25-77-17-9-65(10-18-77)85-33-34-86-65)61-69-57(49)73-62-54-42-46(82-30-26-78-19-11-66(12-20-78)87-35-36-88-66)2-6-50(54)59(70-62)75-64-56-44-48(84-32-28-80-23-15-68(16-24-80)91-39-40-92-68)4-8-52(56)60(72-64)76-63-55-43-47(3-7-51(55)58(71-63)74-61)83-31-27-79-21-13-67(14-22-79)89-37-38-90-67/h1-8,41-44H,9-40H2,(H2,69,70,71,72,73,74,75,76). The van der Waals surface area contributed by atoms with Crippen molar-refractivity contribution in [2.24, 2.45) is 0 Å². The first-order valence-electron chi connectivity index (χ1n) is 33.2. The molecule has 17 rings (SSSR count). The zero-order valence-corrected chi connectivity index (χ0v) is 51.9. The highest BCUT2D eigenvalue weighted by Crippen LogP contribution is 2.42. The van der Waals surface area contributed by atoms with Gasteiger partial charge in [-0.15, -0.1) is 0 Å². The summed E-state index contributed by atoms with van der Waals surface area (Å²) >= 11 is 0. The van der Waals surface area contributed by atoms with Crippen LogP contribution < -0.4 is 18.9 Å². The van der Waals surface area contributed by atoms with Crippen LogP contribution in [0.25, 0.3) is 89.7 Å². The Labute approximate surface area is 532 Å². The second-order valence-electron chi connectivity index (χ2n) is 25.6. The van der Waals surface area contributed by atoms with Crippen LogP contribution in [0, 0.1) is 0 Å². The number of ether oxygens (including phenoxy) is 12. The lowest BCUT2D eigenvalue weighted by molar-refractivity contribution is -0.185. The summed E-state index contributed by atoms with van der Waals surface area (Å²) in [6.07, 6.45) is 6.75. The molecule has 24 heteroatoms. The van der Waals surface area contributed by atoms with Crippen LogP contribution in [0.2, 0.25) is 0 Å². The Bertz CT molecular complexity index is 3770. The van der Waals surface area contributed by atoms with Crippen LogP contribution >= 0.6 is 0 Å². The Morgan fingerprint density at radius 2 is 0.565 bits per heavy atom. The van der Waals surface area contributed by atoms with Gasteiger partial charge < -0.3 is 66.8 Å². The van der Waals surface area contributed by atoms with Crippen LogP contribution in [-0.2, 0) is 37.9 Å². The SMILES string of the molecule is c1cc2c(cc1OCCN1CCC3(CC1)OCCO3)-c1nc-2nc2[nH]c(nc3nc(nc4[nH]c(n1)c1ccc(OCCN5CCC6(CC5)OCCO6)cc41)-c1ccc(OCCN4CCC5(CC4)OCCO5)cc1-3)c1ccc(OCCN3CCC4(CC3)OCCO4)cc21. The molecule has 8 bridgehead atoms. The molecule has 3 aromatic heterocycles. The molecule has 92 heavy (non-hydrogen) atoms. The zero-order valence-electron chi connectivity index (χ0n) is 51.9. The van der Waals surface area contributed by atoms with E-state index < -0.39 is 23.1 Å². The fourth-order valence-electron chi connectivity index (χ4n) is 14.9. The number of aromatic nitrogens is 8. The van der Waals surface area contributed by atoms with Crippen molar-refractivity contribution in [1.82, 2.24) is 59.5 Å². The number of hydrogen-bond acceptors (Lipinski definition) is 22. The van der Waals surface area contributed by atoms with E-state index in [4.69, 9.17) is 86.7 Å². The summed E-state index contributed by atoms with van der Waals surface area (Å²) in [4.78, 5) is 49.1. The molecule has 7 aromatic rings. The largest absolute Gasteiger partial charge is 0.492 e. The van der Waals surface area contributed by atoms with Crippen LogP contribution in [0.3, 0.4) is 0 Å². The summed E-state index contributed by atoms with van der Waals surface area (Å²) in [6.45, 7) is 17.4. The van der Waals surface area contributed by atoms with E-state index in [1.807, 2.05) is 72.8 Å². The van der Waals surface area contributed by atoms with Crippen molar-refractivity contribution in [1.29, 1.82) is 0 Å². The van der Waals surface area contributed by atoms with Gasteiger partial charge >= 0.3 is 0 Å². The number of nitrogens with one attached hydrogen (secondary N) is 2. The van der Waals surface area contributed by atoms with E-state index in [9.17, 15) is 0 Å². The highest BCUT2D eigenvalue weighted by atomic mass is 16.8. The third-order valence-corrected chi connectivity index (χ3v) is 20.1. The minimum absolute atomic E-state index is 0.433. The van der Waals surface area contributed by atoms with Gasteiger partial charge in [-0.25, -0.2) is 29.9 Å². The first-order chi connectivity index (χ1) is 45.3. The Hall–Kier alpha value is -7.04. The molecule has 0 radical (unpaired) electrons. The zero-order chi connectivity index (χ0) is 61.1. The lowest BCUT2D eigenvalue weighted by Crippen LogP contribution is -2.46. The average Bonchev–Trinajstić information content (AvgIpc) is 1.64. The number of hydrogen-bond donors (Lipinski definition) is 2. The number of rotatable bonds is 16. The number of aromatic amines is 2. The second-order valence-corrected chi connectivity index (χ2v) is 25.6. The van der Waals surface area contributed by atoms with Crippen LogP contribution in [0.15, 0.2) is 72.8 Å². The minimum atomic E-state index is -0.433. The second kappa shape index (κ2) is 24.7. The molecule has 13 heterocycles. The molecule has 24 nitrogen and oxygen atoms in total. The molecular weight excluding hydrogens is 1180 g/mol. The molecule has 10 aliphatic heterocycles. The summed E-state index contributed by atoms with van der Waals surface area (Å²) in [5.74, 6) is 2.97. The predicted octanol–water partition coefficient (Wildman–Crippen LogP) is 7.74. The van der Waals surface area contributed by atoms with Crippen LogP contribution in [0.4, 0.5) is 0 Å². The Balaban J connectivity index is 0.732. The maximum atomic E-state index is 6.56. The number of nitrogens with zero attached hydrogens (tertiary/aromatic N) is 10. The molecule has 0 atom stereocenters. The Morgan fingerprint density at radius 1 is 0.304 bits per heavy atom. The lowest BCUT2D eigenvalue weighted by Gasteiger charge is -2.37. The molecule has 0 saturated carbocycles. The van der Waals surface area contributed by atoms with Crippen molar-refractivity contribution >= 4 is 44.1 Å². The fourth-order valence-corrected chi connectivity index (χ4v) is 14.9. The molecule has 8 saturated heterocycles. The van der Waals surface area contributed by atoms with Gasteiger partial charge in [-0.05, 0) is 72.8 Å².